The molecule has 0 saturated heterocycles. The third-order valence-electron chi connectivity index (χ3n) is 7.47. The van der Waals surface area contributed by atoms with Crippen LogP contribution in [0.2, 0.25) is 0 Å². The van der Waals surface area contributed by atoms with Gasteiger partial charge in [0, 0.05) is 12.1 Å². The highest BCUT2D eigenvalue weighted by Crippen LogP contribution is 2.39. The maximum atomic E-state index is 14.4. The molecule has 0 bridgehead atoms. The number of para-hydroxylation sites is 1. The summed E-state index contributed by atoms with van der Waals surface area (Å²) in [5.41, 5.74) is 3.11. The van der Waals surface area contributed by atoms with Crippen LogP contribution in [0.1, 0.15) is 63.6 Å². The number of carbonyl (C=O) groups excluding carboxylic acids is 2. The first-order chi connectivity index (χ1) is 20.0. The van der Waals surface area contributed by atoms with E-state index in [1.165, 1.54) is 15.9 Å². The number of nitrogens with zero attached hydrogens (tertiary/aromatic N) is 3. The molecule has 0 radical (unpaired) electrons. The number of hydrogen-bond donors (Lipinski definition) is 0. The second-order valence-corrected chi connectivity index (χ2v) is 11.0. The zero-order valence-electron chi connectivity index (χ0n) is 23.3. The maximum Gasteiger partial charge on any atom is 0.338 e. The second-order valence-electron chi connectivity index (χ2n) is 10.0. The number of benzene rings is 2. The van der Waals surface area contributed by atoms with Gasteiger partial charge in [0.2, 0.25) is 6.79 Å². The van der Waals surface area contributed by atoms with Gasteiger partial charge in [0.15, 0.2) is 16.3 Å². The summed E-state index contributed by atoms with van der Waals surface area (Å²) < 4.78 is 18.5. The fourth-order valence-corrected chi connectivity index (χ4v) is 6.72. The van der Waals surface area contributed by atoms with Crippen molar-refractivity contribution in [2.24, 2.45) is 4.99 Å². The van der Waals surface area contributed by atoms with Gasteiger partial charge in [-0.25, -0.2) is 9.79 Å². The van der Waals surface area contributed by atoms with Gasteiger partial charge in [0.1, 0.15) is 4.53 Å². The van der Waals surface area contributed by atoms with Gasteiger partial charge in [-0.05, 0) is 43.5 Å². The van der Waals surface area contributed by atoms with Crippen molar-refractivity contribution in [2.75, 3.05) is 24.8 Å². The highest BCUT2D eigenvalue weighted by molar-refractivity contribution is 7.07. The topological polar surface area (TPSA) is 99.4 Å². The number of hydrogen-bond acceptors (Lipinski definition) is 8. The smallest absolute Gasteiger partial charge is 0.338 e. The van der Waals surface area contributed by atoms with Crippen molar-refractivity contribution >= 4 is 34.5 Å². The molecule has 0 unspecified atom stereocenters. The van der Waals surface area contributed by atoms with Gasteiger partial charge in [-0.1, -0.05) is 62.3 Å². The van der Waals surface area contributed by atoms with E-state index in [0.29, 0.717) is 56.2 Å². The number of anilines is 1. The van der Waals surface area contributed by atoms with Crippen LogP contribution in [0.3, 0.4) is 0 Å². The number of unbranched alkanes of at least 4 members (excludes halogenated alkanes) is 1. The quantitative estimate of drug-likeness (QED) is 0.380. The number of thiazole rings is 1. The van der Waals surface area contributed by atoms with Gasteiger partial charge in [-0.3, -0.25) is 14.2 Å². The third-order valence-corrected chi connectivity index (χ3v) is 8.52. The number of fused-ring (bicyclic) bond motifs is 3. The zero-order valence-corrected chi connectivity index (χ0v) is 24.1. The molecule has 6 rings (SSSR count). The van der Waals surface area contributed by atoms with Crippen molar-refractivity contribution in [1.29, 1.82) is 0 Å². The van der Waals surface area contributed by atoms with Crippen LogP contribution in [0.5, 0.6) is 11.5 Å². The molecule has 3 aliphatic heterocycles. The molecule has 0 fully saturated rings. The minimum atomic E-state index is -0.807. The lowest BCUT2D eigenvalue weighted by Gasteiger charge is -2.25. The first kappa shape index (κ1) is 27.0. The predicted molar refractivity (Wildman–Crippen MR) is 155 cm³/mol. The minimum absolute atomic E-state index is 0.0998. The van der Waals surface area contributed by atoms with Crippen LogP contribution in [0.4, 0.5) is 5.69 Å². The summed E-state index contributed by atoms with van der Waals surface area (Å²) in [7, 11) is 0. The van der Waals surface area contributed by atoms with E-state index in [4.69, 9.17) is 19.2 Å². The molecule has 0 N–H and O–H groups in total. The standard InChI is InChI=1S/C31H31N3O6S/c1-4-7-15-33-21-12-9-8-11-19(21)24(28(33)35)27-29(36)34-26(18-13-14-22-23(16-18)40-17-39-22)25(30(37)38-6-3)20(10-5-2)32-31(34)41-27/h8-9,11-14,16,26H,4-7,10,15,17H2,1-3H3/b27-24+/t26-/m0/s1. The molecule has 3 aromatic rings. The summed E-state index contributed by atoms with van der Waals surface area (Å²) >= 11 is 1.19. The number of ether oxygens (including phenoxy) is 3. The van der Waals surface area contributed by atoms with Crippen LogP contribution in [0.25, 0.3) is 5.57 Å². The Labute approximate surface area is 241 Å². The van der Waals surface area contributed by atoms with Crippen molar-refractivity contribution in [3.63, 3.8) is 0 Å². The second kappa shape index (κ2) is 11.0. The molecule has 212 valence electrons. The van der Waals surface area contributed by atoms with E-state index in [-0.39, 0.29) is 24.9 Å². The molecule has 1 atom stereocenters. The Morgan fingerprint density at radius 3 is 2.66 bits per heavy atom. The Bertz CT molecular complexity index is 1770. The van der Waals surface area contributed by atoms with Crippen LogP contribution < -0.4 is 29.3 Å². The van der Waals surface area contributed by atoms with Crippen molar-refractivity contribution < 1.29 is 23.8 Å². The molecule has 9 nitrogen and oxygen atoms in total. The third kappa shape index (κ3) is 4.46. The molecule has 4 heterocycles. The van der Waals surface area contributed by atoms with Crippen LogP contribution in [0, 0.1) is 0 Å². The van der Waals surface area contributed by atoms with E-state index in [1.54, 1.807) is 24.0 Å². The fraction of sp³-hybridized carbons (Fsp3) is 0.355. The molecule has 2 aromatic carbocycles. The number of carbonyl (C=O) groups is 2. The molecule has 3 aliphatic rings. The van der Waals surface area contributed by atoms with Gasteiger partial charge in [-0.2, -0.15) is 0 Å². The molecule has 1 aromatic heterocycles. The normalized spacial score (nSPS) is 18.4. The predicted octanol–water partition coefficient (Wildman–Crippen LogP) is 3.82. The molecular weight excluding hydrogens is 542 g/mol. The van der Waals surface area contributed by atoms with Crippen molar-refractivity contribution in [3.8, 4) is 11.5 Å². The number of amides is 1. The van der Waals surface area contributed by atoms with Crippen molar-refractivity contribution in [2.45, 2.75) is 52.5 Å². The monoisotopic (exact) mass is 573 g/mol. The maximum absolute atomic E-state index is 14.4. The molecule has 10 heteroatoms. The summed E-state index contributed by atoms with van der Waals surface area (Å²) in [5, 5.41) is 0. The summed E-state index contributed by atoms with van der Waals surface area (Å²) in [6.45, 7) is 6.69. The lowest BCUT2D eigenvalue weighted by atomic mass is 9.94. The van der Waals surface area contributed by atoms with E-state index in [9.17, 15) is 14.4 Å². The highest BCUT2D eigenvalue weighted by atomic mass is 32.1. The average molecular weight is 574 g/mol. The van der Waals surface area contributed by atoms with Gasteiger partial charge in [0.05, 0.1) is 35.2 Å². The molecular formula is C31H31N3O6S. The largest absolute Gasteiger partial charge is 0.463 e. The molecule has 1 amide bonds. The molecule has 0 saturated carbocycles. The summed E-state index contributed by atoms with van der Waals surface area (Å²) in [5.74, 6) is 0.423. The number of rotatable bonds is 8. The Balaban J connectivity index is 1.63. The van der Waals surface area contributed by atoms with Gasteiger partial charge < -0.3 is 19.1 Å². The number of allylic oxidation sites excluding steroid dienone is 1. The fourth-order valence-electron chi connectivity index (χ4n) is 5.61. The lowest BCUT2D eigenvalue weighted by Crippen LogP contribution is -2.41. The van der Waals surface area contributed by atoms with E-state index in [1.807, 2.05) is 37.3 Å². The van der Waals surface area contributed by atoms with Crippen LogP contribution in [-0.2, 0) is 14.3 Å². The summed E-state index contributed by atoms with van der Waals surface area (Å²) in [4.78, 5) is 48.7. The van der Waals surface area contributed by atoms with E-state index >= 15 is 0 Å². The van der Waals surface area contributed by atoms with Gasteiger partial charge >= 0.3 is 5.97 Å². The number of aromatic nitrogens is 1. The summed E-state index contributed by atoms with van der Waals surface area (Å²) in [6.07, 6.45) is 3.06. The van der Waals surface area contributed by atoms with Crippen molar-refractivity contribution in [3.05, 3.63) is 84.5 Å². The Morgan fingerprint density at radius 2 is 1.88 bits per heavy atom. The van der Waals surface area contributed by atoms with Crippen LogP contribution in [-0.4, -0.2) is 36.4 Å². The van der Waals surface area contributed by atoms with E-state index in [0.717, 1.165) is 30.5 Å². The SMILES string of the molecule is CCCCN1C(=O)/C(=c2/sc3n(c2=O)[C@@H](c2ccc4c(c2)OCO4)C(C(=O)OCC)=C(CCC)N=3)c2ccccc21. The first-order valence-electron chi connectivity index (χ1n) is 14.0. The van der Waals surface area contributed by atoms with Crippen LogP contribution in [0.15, 0.2) is 63.5 Å². The number of esters is 1. The Morgan fingerprint density at radius 1 is 1.07 bits per heavy atom. The molecule has 0 spiro atoms. The average Bonchev–Trinajstić information content (AvgIpc) is 3.64. The van der Waals surface area contributed by atoms with Crippen molar-refractivity contribution in [1.82, 2.24) is 4.57 Å². The van der Waals surface area contributed by atoms with Gasteiger partial charge in [0.25, 0.3) is 11.5 Å². The van der Waals surface area contributed by atoms with E-state index < -0.39 is 12.0 Å². The van der Waals surface area contributed by atoms with Gasteiger partial charge in [-0.15, -0.1) is 0 Å². The van der Waals surface area contributed by atoms with Crippen LogP contribution >= 0.6 is 11.3 Å². The summed E-state index contributed by atoms with van der Waals surface area (Å²) in [6, 6.07) is 12.2. The zero-order chi connectivity index (χ0) is 28.7. The highest BCUT2D eigenvalue weighted by Gasteiger charge is 2.38. The lowest BCUT2D eigenvalue weighted by molar-refractivity contribution is -0.139. The van der Waals surface area contributed by atoms with E-state index in [2.05, 4.69) is 6.92 Å². The Kier molecular flexibility index (Phi) is 7.25. The molecule has 0 aliphatic carbocycles. The minimum Gasteiger partial charge on any atom is -0.463 e. The molecule has 41 heavy (non-hydrogen) atoms. The Hall–Kier alpha value is -4.18. The first-order valence-corrected chi connectivity index (χ1v) is 14.8.